The maximum atomic E-state index is 14.6. The highest BCUT2D eigenvalue weighted by Gasteiger charge is 2.43. The van der Waals surface area contributed by atoms with Crippen molar-refractivity contribution in [2.24, 2.45) is 22.7 Å². The van der Waals surface area contributed by atoms with Crippen molar-refractivity contribution in [2.75, 3.05) is 79.9 Å². The summed E-state index contributed by atoms with van der Waals surface area (Å²) in [5.41, 5.74) is 2.19. The third kappa shape index (κ3) is 16.9. The van der Waals surface area contributed by atoms with E-state index >= 15 is 0 Å². The van der Waals surface area contributed by atoms with Crippen molar-refractivity contribution in [1.29, 1.82) is 0 Å². The molecule has 0 aromatic heterocycles. The number of benzene rings is 2. The van der Waals surface area contributed by atoms with Gasteiger partial charge in [-0.2, -0.15) is 0 Å². The van der Waals surface area contributed by atoms with E-state index in [2.05, 4.69) is 40.0 Å². The van der Waals surface area contributed by atoms with Gasteiger partial charge in [0, 0.05) is 112 Å². The Bertz CT molecular complexity index is 2290. The number of rotatable bonds is 27. The maximum absolute atomic E-state index is 14.6. The van der Waals surface area contributed by atoms with Crippen molar-refractivity contribution < 1.29 is 43.0 Å². The number of unbranched alkanes of at least 4 members (excludes halogenated alkanes) is 2. The second-order valence-corrected chi connectivity index (χ2v) is 21.0. The summed E-state index contributed by atoms with van der Waals surface area (Å²) in [6, 6.07) is 14.1. The Morgan fingerprint density at radius 1 is 0.829 bits per heavy atom. The number of anilines is 1. The number of nitrogens with zero attached hydrogens (tertiary/aromatic N) is 6. The Balaban J connectivity index is 1.21. The largest absolute Gasteiger partial charge is 0.379 e. The summed E-state index contributed by atoms with van der Waals surface area (Å²) in [5.74, 6) is -1.93. The lowest BCUT2D eigenvalue weighted by molar-refractivity contribution is -0.146. The molecule has 19 heteroatoms. The normalized spacial score (nSPS) is 18.7. The van der Waals surface area contributed by atoms with Gasteiger partial charge >= 0.3 is 0 Å². The molecule has 3 heterocycles. The van der Waals surface area contributed by atoms with Crippen molar-refractivity contribution in [2.45, 2.75) is 135 Å². The Labute approximate surface area is 450 Å². The van der Waals surface area contributed by atoms with Gasteiger partial charge in [0.25, 0.3) is 11.8 Å². The van der Waals surface area contributed by atoms with Gasteiger partial charge in [-0.25, -0.2) is 4.99 Å². The van der Waals surface area contributed by atoms with Gasteiger partial charge in [0.2, 0.25) is 29.5 Å². The molecule has 3 aliphatic rings. The van der Waals surface area contributed by atoms with E-state index in [0.717, 1.165) is 49.7 Å². The van der Waals surface area contributed by atoms with Crippen LogP contribution in [0.25, 0.3) is 0 Å². The number of aliphatic imine (C=N–C) groups is 1. The molecule has 8 atom stereocenters. The van der Waals surface area contributed by atoms with Crippen LogP contribution < -0.4 is 21.3 Å². The molecule has 0 saturated carbocycles. The first-order valence-electron chi connectivity index (χ1n) is 27.3. The number of piperazine rings is 1. The lowest BCUT2D eigenvalue weighted by Crippen LogP contribution is -2.56. The molecule has 418 valence electrons. The molecule has 2 aromatic rings. The predicted molar refractivity (Wildman–Crippen MR) is 294 cm³/mol. The molecule has 0 radical (unpaired) electrons. The van der Waals surface area contributed by atoms with Crippen LogP contribution in [0.5, 0.6) is 0 Å². The summed E-state index contributed by atoms with van der Waals surface area (Å²) in [6.45, 7) is 14.3. The highest BCUT2D eigenvalue weighted by Crippen LogP contribution is 2.30. The predicted octanol–water partition coefficient (Wildman–Crippen LogP) is 4.22. The van der Waals surface area contributed by atoms with E-state index in [9.17, 15) is 33.6 Å². The Kier molecular flexibility index (Phi) is 23.9. The molecule has 19 nitrogen and oxygen atoms in total. The van der Waals surface area contributed by atoms with Crippen molar-refractivity contribution in [3.8, 4) is 0 Å². The number of guanidine groups is 1. The molecule has 0 aliphatic carbocycles. The minimum atomic E-state index is -0.958. The SMILES string of the molecule is CC[C@H](C)[C@@H]([C@@H](CC(=O)N1CCCC1[C@H](OC)[C@@H](C)C(=O)NC(Cc1ccccc1)C(=O)Nc1ccc(CNC(=O)CCCCCN2C(=O)C=CC2=O)cc1)OC)N(C)C(=O)C(N=C(N(C)C)N1CCNCC1)C(C)C. The number of nitrogens with one attached hydrogen (secondary N) is 4. The highest BCUT2D eigenvalue weighted by molar-refractivity contribution is 6.12. The number of imide groups is 1. The molecule has 2 fully saturated rings. The van der Waals surface area contributed by atoms with Crippen LogP contribution >= 0.6 is 0 Å². The Morgan fingerprint density at radius 2 is 1.50 bits per heavy atom. The molecule has 2 saturated heterocycles. The number of methoxy groups -OCH3 is 2. The van der Waals surface area contributed by atoms with E-state index < -0.39 is 54.1 Å². The minimum absolute atomic E-state index is 0.0135. The molecule has 4 N–H and O–H groups in total. The fourth-order valence-corrected chi connectivity index (χ4v) is 10.4. The van der Waals surface area contributed by atoms with Crippen LogP contribution in [0.3, 0.4) is 0 Å². The first-order valence-corrected chi connectivity index (χ1v) is 27.3. The number of ether oxygens (including phenoxy) is 2. The van der Waals surface area contributed by atoms with Gasteiger partial charge in [0.05, 0.1) is 36.6 Å². The summed E-state index contributed by atoms with van der Waals surface area (Å²) in [5, 5.41) is 12.3. The van der Waals surface area contributed by atoms with Crippen LogP contribution in [-0.2, 0) is 56.0 Å². The summed E-state index contributed by atoms with van der Waals surface area (Å²) >= 11 is 0. The Hall–Kier alpha value is -6.18. The van der Waals surface area contributed by atoms with E-state index in [1.54, 1.807) is 50.1 Å². The lowest BCUT2D eigenvalue weighted by atomic mass is 9.89. The lowest BCUT2D eigenvalue weighted by Gasteiger charge is -2.40. The monoisotopic (exact) mass is 1050 g/mol. The zero-order valence-electron chi connectivity index (χ0n) is 46.7. The molecule has 2 aromatic carbocycles. The number of hydrogen-bond acceptors (Lipinski definition) is 11. The summed E-state index contributed by atoms with van der Waals surface area (Å²) < 4.78 is 12.2. The molecule has 76 heavy (non-hydrogen) atoms. The second kappa shape index (κ2) is 29.9. The molecular formula is C57H86N10O9. The summed E-state index contributed by atoms with van der Waals surface area (Å²) in [4.78, 5) is 108. The number of likely N-dealkylation sites (tertiary alicyclic amines) is 1. The number of carbonyl (C=O) groups excluding carboxylic acids is 7. The van der Waals surface area contributed by atoms with Crippen molar-refractivity contribution in [3.63, 3.8) is 0 Å². The summed E-state index contributed by atoms with van der Waals surface area (Å²) in [6.07, 6.45) is 5.75. The van der Waals surface area contributed by atoms with Gasteiger partial charge < -0.3 is 50.3 Å². The first-order chi connectivity index (χ1) is 36.4. The smallest absolute Gasteiger partial charge is 0.253 e. The van der Waals surface area contributed by atoms with Crippen LogP contribution in [-0.4, -0.2) is 183 Å². The standard InChI is InChI=1S/C57H86N10O9/c1-11-39(4)52(64(8)56(74)51(38(2)3)62-57(63(6)7)65-33-29-58-30-34-65)46(75-9)36-50(71)66-32-18-21-45(66)53(76-10)40(5)54(72)61-44(35-41-19-14-12-15-20-41)55(73)60-43-25-23-42(24-26-43)37-59-47(68)22-16-13-17-31-67-48(69)27-28-49(67)70/h12,14-15,19-20,23-28,38-40,44-46,51-53,58H,11,13,16-18,21-22,29-37H2,1-10H3,(H,59,68)(H,60,73)(H,61,72)/t39-,40+,44?,45?,46+,51?,52-,53+/m0/s1. The van der Waals surface area contributed by atoms with Crippen LogP contribution in [0.15, 0.2) is 71.7 Å². The average Bonchev–Trinajstić information content (AvgIpc) is 4.03. The minimum Gasteiger partial charge on any atom is -0.379 e. The van der Waals surface area contributed by atoms with Crippen LogP contribution in [0.1, 0.15) is 97.1 Å². The van der Waals surface area contributed by atoms with E-state index in [1.165, 1.54) is 17.1 Å². The maximum Gasteiger partial charge on any atom is 0.253 e. The molecule has 0 spiro atoms. The topological polar surface area (TPSA) is 215 Å². The number of hydrogen-bond donors (Lipinski definition) is 4. The quantitative estimate of drug-likeness (QED) is 0.0429. The number of likely N-dealkylation sites (N-methyl/N-ethyl adjacent to an activating group) is 1. The summed E-state index contributed by atoms with van der Waals surface area (Å²) in [7, 11) is 8.83. The van der Waals surface area contributed by atoms with Gasteiger partial charge in [-0.05, 0) is 60.8 Å². The van der Waals surface area contributed by atoms with Crippen LogP contribution in [0.2, 0.25) is 0 Å². The molecular weight excluding hydrogens is 969 g/mol. The van der Waals surface area contributed by atoms with E-state index in [4.69, 9.17) is 14.5 Å². The van der Waals surface area contributed by atoms with Gasteiger partial charge in [0.1, 0.15) is 12.1 Å². The zero-order valence-corrected chi connectivity index (χ0v) is 46.7. The first kappa shape index (κ1) is 60.7. The third-order valence-corrected chi connectivity index (χ3v) is 15.0. The molecule has 3 aliphatic heterocycles. The van der Waals surface area contributed by atoms with Gasteiger partial charge in [0.15, 0.2) is 5.96 Å². The van der Waals surface area contributed by atoms with Gasteiger partial charge in [-0.3, -0.25) is 38.5 Å². The molecule has 5 rings (SSSR count). The average molecular weight is 1060 g/mol. The fourth-order valence-electron chi connectivity index (χ4n) is 10.4. The van der Waals surface area contributed by atoms with Gasteiger partial charge in [-0.15, -0.1) is 0 Å². The zero-order chi connectivity index (χ0) is 55.5. The van der Waals surface area contributed by atoms with Crippen LogP contribution in [0.4, 0.5) is 5.69 Å². The fraction of sp³-hybridized carbons (Fsp3) is 0.614. The highest BCUT2D eigenvalue weighted by atomic mass is 16.5. The molecule has 0 bridgehead atoms. The van der Waals surface area contributed by atoms with Crippen molar-refractivity contribution in [1.82, 2.24) is 40.4 Å². The van der Waals surface area contributed by atoms with E-state index in [1.807, 2.05) is 75.3 Å². The number of carbonyl (C=O) groups is 7. The van der Waals surface area contributed by atoms with E-state index in [0.29, 0.717) is 63.8 Å². The van der Waals surface area contributed by atoms with Crippen molar-refractivity contribution in [3.05, 3.63) is 77.9 Å². The van der Waals surface area contributed by atoms with Crippen LogP contribution in [0, 0.1) is 17.8 Å². The van der Waals surface area contributed by atoms with E-state index in [-0.39, 0.29) is 54.2 Å². The Morgan fingerprint density at radius 3 is 2.11 bits per heavy atom. The molecule has 7 amide bonds. The van der Waals surface area contributed by atoms with Gasteiger partial charge in [-0.1, -0.05) is 89.9 Å². The van der Waals surface area contributed by atoms with Crippen molar-refractivity contribution >= 4 is 53.0 Å². The molecule has 3 unspecified atom stereocenters. The number of amides is 7. The second-order valence-electron chi connectivity index (χ2n) is 21.0. The third-order valence-electron chi connectivity index (χ3n) is 15.0.